The van der Waals surface area contributed by atoms with Crippen LogP contribution in [-0.4, -0.2) is 33.5 Å². The highest BCUT2D eigenvalue weighted by Gasteiger charge is 2.10. The maximum Gasteiger partial charge on any atom is 0.149 e. The van der Waals surface area contributed by atoms with Crippen molar-refractivity contribution in [3.63, 3.8) is 0 Å². The van der Waals surface area contributed by atoms with Crippen LogP contribution >= 0.6 is 11.3 Å². The topological polar surface area (TPSA) is 63.6 Å². The van der Waals surface area contributed by atoms with Crippen molar-refractivity contribution < 1.29 is 0 Å². The SMILES string of the molecule is Cc1cc(-c2nnc(CCCNCC(C)C)s2)c(C)nn1. The van der Waals surface area contributed by atoms with E-state index in [1.165, 1.54) is 0 Å². The monoisotopic (exact) mass is 305 g/mol. The summed E-state index contributed by atoms with van der Waals surface area (Å²) in [7, 11) is 0. The van der Waals surface area contributed by atoms with Crippen LogP contribution in [0.15, 0.2) is 6.07 Å². The molecule has 0 bridgehead atoms. The molecule has 21 heavy (non-hydrogen) atoms. The molecule has 2 aromatic rings. The first kappa shape index (κ1) is 16.0. The fraction of sp³-hybridized carbons (Fsp3) is 0.600. The average Bonchev–Trinajstić information content (AvgIpc) is 2.89. The molecule has 0 aliphatic heterocycles. The van der Waals surface area contributed by atoms with Gasteiger partial charge in [0.1, 0.15) is 10.0 Å². The first-order valence-corrected chi connectivity index (χ1v) is 8.22. The third-order valence-corrected chi connectivity index (χ3v) is 4.11. The van der Waals surface area contributed by atoms with E-state index in [0.717, 1.165) is 52.9 Å². The van der Waals surface area contributed by atoms with Crippen LogP contribution in [0.4, 0.5) is 0 Å². The van der Waals surface area contributed by atoms with Crippen molar-refractivity contribution in [2.75, 3.05) is 13.1 Å². The lowest BCUT2D eigenvalue weighted by molar-refractivity contribution is 0.542. The maximum atomic E-state index is 4.30. The van der Waals surface area contributed by atoms with Gasteiger partial charge >= 0.3 is 0 Å². The number of hydrogen-bond donors (Lipinski definition) is 1. The summed E-state index contributed by atoms with van der Waals surface area (Å²) in [5.41, 5.74) is 2.86. The number of nitrogens with zero attached hydrogens (tertiary/aromatic N) is 4. The van der Waals surface area contributed by atoms with Crippen LogP contribution in [0.5, 0.6) is 0 Å². The van der Waals surface area contributed by atoms with Crippen molar-refractivity contribution in [2.45, 2.75) is 40.5 Å². The van der Waals surface area contributed by atoms with E-state index >= 15 is 0 Å². The molecule has 0 fully saturated rings. The molecule has 0 aromatic carbocycles. The van der Waals surface area contributed by atoms with Gasteiger partial charge in [-0.15, -0.1) is 10.2 Å². The Kier molecular flexibility index (Phi) is 5.76. The van der Waals surface area contributed by atoms with Gasteiger partial charge in [-0.25, -0.2) is 0 Å². The lowest BCUT2D eigenvalue weighted by Crippen LogP contribution is -2.21. The van der Waals surface area contributed by atoms with Crippen molar-refractivity contribution >= 4 is 11.3 Å². The molecular weight excluding hydrogens is 282 g/mol. The highest BCUT2D eigenvalue weighted by molar-refractivity contribution is 7.14. The van der Waals surface area contributed by atoms with Gasteiger partial charge in [0.2, 0.25) is 0 Å². The van der Waals surface area contributed by atoms with Crippen LogP contribution in [-0.2, 0) is 6.42 Å². The predicted molar refractivity (Wildman–Crippen MR) is 86.4 cm³/mol. The van der Waals surface area contributed by atoms with Gasteiger partial charge in [-0.2, -0.15) is 10.2 Å². The summed E-state index contributed by atoms with van der Waals surface area (Å²) in [4.78, 5) is 0. The van der Waals surface area contributed by atoms with E-state index in [9.17, 15) is 0 Å². The third kappa shape index (κ3) is 4.82. The van der Waals surface area contributed by atoms with Crippen LogP contribution in [0.2, 0.25) is 0 Å². The second-order valence-electron chi connectivity index (χ2n) is 5.69. The lowest BCUT2D eigenvalue weighted by atomic mass is 10.2. The summed E-state index contributed by atoms with van der Waals surface area (Å²) in [6.45, 7) is 10.4. The summed E-state index contributed by atoms with van der Waals surface area (Å²) in [5.74, 6) is 0.698. The van der Waals surface area contributed by atoms with Gasteiger partial charge in [0.05, 0.1) is 11.4 Å². The molecule has 0 saturated heterocycles. The zero-order valence-electron chi connectivity index (χ0n) is 13.2. The molecule has 0 radical (unpaired) electrons. The van der Waals surface area contributed by atoms with Gasteiger partial charge in [-0.3, -0.25) is 0 Å². The highest BCUT2D eigenvalue weighted by atomic mass is 32.1. The minimum atomic E-state index is 0.698. The molecule has 5 nitrogen and oxygen atoms in total. The van der Waals surface area contributed by atoms with Crippen LogP contribution in [0.25, 0.3) is 10.6 Å². The molecule has 0 aliphatic carbocycles. The van der Waals surface area contributed by atoms with Gasteiger partial charge in [0, 0.05) is 12.0 Å². The van der Waals surface area contributed by atoms with Gasteiger partial charge in [-0.05, 0) is 45.3 Å². The van der Waals surface area contributed by atoms with Crippen molar-refractivity contribution in [1.29, 1.82) is 0 Å². The zero-order chi connectivity index (χ0) is 15.2. The summed E-state index contributed by atoms with van der Waals surface area (Å²) in [5, 5.41) is 22.3. The summed E-state index contributed by atoms with van der Waals surface area (Å²) in [6.07, 6.45) is 2.06. The fourth-order valence-corrected chi connectivity index (χ4v) is 2.93. The Labute approximate surface area is 130 Å². The number of aromatic nitrogens is 4. The number of rotatable bonds is 7. The predicted octanol–water partition coefficient (Wildman–Crippen LogP) is 2.79. The summed E-state index contributed by atoms with van der Waals surface area (Å²) >= 11 is 1.66. The Bertz CT molecular complexity index is 579. The summed E-state index contributed by atoms with van der Waals surface area (Å²) < 4.78 is 0. The van der Waals surface area contributed by atoms with Gasteiger partial charge < -0.3 is 5.32 Å². The van der Waals surface area contributed by atoms with Crippen molar-refractivity contribution in [3.8, 4) is 10.6 Å². The molecule has 2 heterocycles. The number of nitrogens with one attached hydrogen (secondary N) is 1. The van der Waals surface area contributed by atoms with Crippen LogP contribution < -0.4 is 5.32 Å². The molecular formula is C15H23N5S. The molecule has 114 valence electrons. The average molecular weight is 305 g/mol. The standard InChI is InChI=1S/C15H23N5S/c1-10(2)9-16-7-5-6-14-19-20-15(21-14)13-8-11(3)17-18-12(13)4/h8,10,16H,5-7,9H2,1-4H3. The van der Waals surface area contributed by atoms with E-state index < -0.39 is 0 Å². The van der Waals surface area contributed by atoms with Gasteiger partial charge in [0.25, 0.3) is 0 Å². The van der Waals surface area contributed by atoms with E-state index in [2.05, 4.69) is 39.6 Å². The molecule has 1 N–H and O–H groups in total. The highest BCUT2D eigenvalue weighted by Crippen LogP contribution is 2.26. The minimum absolute atomic E-state index is 0.698. The van der Waals surface area contributed by atoms with E-state index in [4.69, 9.17) is 0 Å². The molecule has 0 saturated carbocycles. The van der Waals surface area contributed by atoms with E-state index in [1.807, 2.05) is 19.9 Å². The van der Waals surface area contributed by atoms with E-state index in [1.54, 1.807) is 11.3 Å². The third-order valence-electron chi connectivity index (χ3n) is 3.09. The molecule has 0 atom stereocenters. The van der Waals surface area contributed by atoms with E-state index in [0.29, 0.717) is 5.92 Å². The first-order chi connectivity index (χ1) is 10.1. The van der Waals surface area contributed by atoms with Gasteiger partial charge in [0.15, 0.2) is 0 Å². The second kappa shape index (κ2) is 7.56. The normalized spacial score (nSPS) is 11.3. The fourth-order valence-electron chi connectivity index (χ4n) is 1.99. The van der Waals surface area contributed by atoms with Crippen molar-refractivity contribution in [2.24, 2.45) is 5.92 Å². The Hall–Kier alpha value is -1.40. The molecule has 2 aromatic heterocycles. The quantitative estimate of drug-likeness (QED) is 0.797. The molecule has 0 amide bonds. The van der Waals surface area contributed by atoms with Crippen LogP contribution in [0, 0.1) is 19.8 Å². The van der Waals surface area contributed by atoms with Crippen LogP contribution in [0.3, 0.4) is 0 Å². The molecule has 6 heteroatoms. The van der Waals surface area contributed by atoms with Gasteiger partial charge in [-0.1, -0.05) is 25.2 Å². The van der Waals surface area contributed by atoms with Crippen LogP contribution in [0.1, 0.15) is 36.7 Å². The number of aryl methyl sites for hydroxylation is 3. The number of hydrogen-bond acceptors (Lipinski definition) is 6. The minimum Gasteiger partial charge on any atom is -0.316 e. The maximum absolute atomic E-state index is 4.30. The van der Waals surface area contributed by atoms with Crippen molar-refractivity contribution in [3.05, 3.63) is 22.5 Å². The Balaban J connectivity index is 1.91. The van der Waals surface area contributed by atoms with Crippen molar-refractivity contribution in [1.82, 2.24) is 25.7 Å². The second-order valence-corrected chi connectivity index (χ2v) is 6.75. The molecule has 0 unspecified atom stereocenters. The smallest absolute Gasteiger partial charge is 0.149 e. The summed E-state index contributed by atoms with van der Waals surface area (Å²) in [6, 6.07) is 2.02. The molecule has 0 aliphatic rings. The van der Waals surface area contributed by atoms with E-state index in [-0.39, 0.29) is 0 Å². The Morgan fingerprint density at radius 2 is 1.95 bits per heavy atom. The molecule has 0 spiro atoms. The Morgan fingerprint density at radius 3 is 2.71 bits per heavy atom. The zero-order valence-corrected chi connectivity index (χ0v) is 14.0. The molecule has 2 rings (SSSR count). The Morgan fingerprint density at radius 1 is 1.14 bits per heavy atom. The lowest BCUT2D eigenvalue weighted by Gasteiger charge is -2.05. The largest absolute Gasteiger partial charge is 0.316 e. The first-order valence-electron chi connectivity index (χ1n) is 7.40.